The van der Waals surface area contributed by atoms with E-state index in [0.717, 1.165) is 49.4 Å². The zero-order valence-electron chi connectivity index (χ0n) is 13.5. The number of alkyl halides is 1. The molecular weight excluding hydrogens is 322 g/mol. The molecule has 0 saturated carbocycles. The molecule has 0 spiro atoms. The number of allylic oxidation sites excluding steroid dienone is 7. The molecule has 116 valence electrons. The molecule has 0 aliphatic heterocycles. The Labute approximate surface area is 139 Å². The van der Waals surface area contributed by atoms with Crippen LogP contribution in [0, 0.1) is 11.3 Å². The van der Waals surface area contributed by atoms with Crippen LogP contribution in [0.15, 0.2) is 47.6 Å². The third-order valence-electron chi connectivity index (χ3n) is 3.30. The number of halogens is 1. The Morgan fingerprint density at radius 2 is 1.67 bits per heavy atom. The van der Waals surface area contributed by atoms with Crippen LogP contribution in [0.4, 0.5) is 0 Å². The molecule has 1 nitrogen and oxygen atoms in total. The summed E-state index contributed by atoms with van der Waals surface area (Å²) in [5.74, 6) is 0. The molecule has 0 unspecified atom stereocenters. The lowest BCUT2D eigenvalue weighted by Crippen LogP contribution is -1.83. The molecule has 0 amide bonds. The second-order valence-electron chi connectivity index (χ2n) is 5.37. The van der Waals surface area contributed by atoms with E-state index in [1.54, 1.807) is 0 Å². The monoisotopic (exact) mass is 349 g/mol. The van der Waals surface area contributed by atoms with Crippen LogP contribution in [0.1, 0.15) is 58.8 Å². The van der Waals surface area contributed by atoms with Gasteiger partial charge in [0.1, 0.15) is 0 Å². The second kappa shape index (κ2) is 13.9. The Bertz CT molecular complexity index is 421. The van der Waals surface area contributed by atoms with Gasteiger partial charge in [0.05, 0.1) is 6.07 Å². The number of nitrogens with zero attached hydrogens (tertiary/aromatic N) is 1. The fourth-order valence-corrected chi connectivity index (χ4v) is 2.15. The Morgan fingerprint density at radius 1 is 1.00 bits per heavy atom. The predicted octanol–water partition coefficient (Wildman–Crippen LogP) is 6.64. The Balaban J connectivity index is 4.07. The van der Waals surface area contributed by atoms with Crippen molar-refractivity contribution in [1.82, 2.24) is 0 Å². The van der Waals surface area contributed by atoms with E-state index in [1.807, 2.05) is 6.08 Å². The summed E-state index contributed by atoms with van der Waals surface area (Å²) < 4.78 is 0. The summed E-state index contributed by atoms with van der Waals surface area (Å²) in [6, 6.07) is 2.32. The molecule has 0 aromatic heterocycles. The third-order valence-corrected chi connectivity index (χ3v) is 4.18. The van der Waals surface area contributed by atoms with E-state index < -0.39 is 0 Å². The van der Waals surface area contributed by atoms with Crippen molar-refractivity contribution in [3.05, 3.63) is 47.6 Å². The van der Waals surface area contributed by atoms with Gasteiger partial charge in [-0.05, 0) is 58.8 Å². The van der Waals surface area contributed by atoms with Crippen molar-refractivity contribution >= 4 is 15.9 Å². The summed E-state index contributed by atoms with van der Waals surface area (Å²) >= 11 is 3.43. The van der Waals surface area contributed by atoms with Crippen LogP contribution in [-0.2, 0) is 0 Å². The predicted molar refractivity (Wildman–Crippen MR) is 97.5 cm³/mol. The first-order valence-corrected chi connectivity index (χ1v) is 8.83. The van der Waals surface area contributed by atoms with E-state index in [2.05, 4.69) is 60.7 Å². The first-order valence-electron chi connectivity index (χ1n) is 7.71. The van der Waals surface area contributed by atoms with Gasteiger partial charge in [0.2, 0.25) is 0 Å². The van der Waals surface area contributed by atoms with Crippen molar-refractivity contribution in [3.63, 3.8) is 0 Å². The highest BCUT2D eigenvalue weighted by molar-refractivity contribution is 9.09. The molecule has 0 heterocycles. The summed E-state index contributed by atoms with van der Waals surface area (Å²) in [4.78, 5) is 0. The van der Waals surface area contributed by atoms with Crippen molar-refractivity contribution in [1.29, 1.82) is 5.26 Å². The van der Waals surface area contributed by atoms with Gasteiger partial charge in [-0.25, -0.2) is 0 Å². The molecule has 0 rings (SSSR count). The maximum Gasteiger partial charge on any atom is 0.0943 e. The van der Waals surface area contributed by atoms with Crippen molar-refractivity contribution in [3.8, 4) is 6.07 Å². The highest BCUT2D eigenvalue weighted by atomic mass is 79.9. The topological polar surface area (TPSA) is 23.8 Å². The smallest absolute Gasteiger partial charge is 0.0943 e. The van der Waals surface area contributed by atoms with Gasteiger partial charge < -0.3 is 0 Å². The minimum Gasteiger partial charge on any atom is -0.193 e. The van der Waals surface area contributed by atoms with Crippen LogP contribution < -0.4 is 0 Å². The normalized spacial score (nSPS) is 13.1. The maximum absolute atomic E-state index is 9.14. The van der Waals surface area contributed by atoms with E-state index in [9.17, 15) is 0 Å². The molecule has 0 N–H and O–H groups in total. The van der Waals surface area contributed by atoms with Crippen molar-refractivity contribution in [2.24, 2.45) is 0 Å². The lowest BCUT2D eigenvalue weighted by molar-refractivity contribution is 0.850. The molecule has 0 aliphatic rings. The number of hydrogen-bond acceptors (Lipinski definition) is 1. The van der Waals surface area contributed by atoms with Gasteiger partial charge >= 0.3 is 0 Å². The lowest BCUT2D eigenvalue weighted by Gasteiger charge is -2.00. The highest BCUT2D eigenvalue weighted by Crippen LogP contribution is 2.13. The largest absolute Gasteiger partial charge is 0.193 e. The van der Waals surface area contributed by atoms with E-state index in [-0.39, 0.29) is 0 Å². The molecule has 0 aromatic carbocycles. The van der Waals surface area contributed by atoms with Gasteiger partial charge in [-0.3, -0.25) is 0 Å². The Kier molecular flexibility index (Phi) is 13.2. The maximum atomic E-state index is 9.14. The highest BCUT2D eigenvalue weighted by Gasteiger charge is 1.96. The summed E-state index contributed by atoms with van der Waals surface area (Å²) in [6.45, 7) is 8.01. The van der Waals surface area contributed by atoms with Gasteiger partial charge in [0, 0.05) is 10.9 Å². The molecule has 21 heavy (non-hydrogen) atoms. The number of unbranched alkanes of at least 4 members (excludes halogenated alkanes) is 2. The van der Waals surface area contributed by atoms with Crippen molar-refractivity contribution < 1.29 is 0 Å². The lowest BCUT2D eigenvalue weighted by atomic mass is 10.1. The van der Waals surface area contributed by atoms with Gasteiger partial charge in [-0.2, -0.15) is 5.26 Å². The van der Waals surface area contributed by atoms with Crippen LogP contribution in [0.3, 0.4) is 0 Å². The summed E-state index contributed by atoms with van der Waals surface area (Å²) in [6.07, 6.45) is 15.8. The van der Waals surface area contributed by atoms with E-state index in [1.165, 1.54) is 17.6 Å². The Morgan fingerprint density at radius 3 is 2.29 bits per heavy atom. The molecule has 2 heteroatoms. The van der Waals surface area contributed by atoms with Crippen LogP contribution >= 0.6 is 15.9 Å². The molecule has 0 fully saturated rings. The van der Waals surface area contributed by atoms with E-state index in [0.29, 0.717) is 0 Å². The molecule has 0 atom stereocenters. The van der Waals surface area contributed by atoms with Gasteiger partial charge in [-0.15, -0.1) is 6.58 Å². The zero-order valence-corrected chi connectivity index (χ0v) is 15.1. The van der Waals surface area contributed by atoms with Crippen LogP contribution in [-0.4, -0.2) is 5.33 Å². The molecular formula is C19H28BrN. The van der Waals surface area contributed by atoms with Crippen LogP contribution in [0.25, 0.3) is 0 Å². The fourth-order valence-electron chi connectivity index (χ4n) is 1.92. The second-order valence-corrected chi connectivity index (χ2v) is 5.93. The van der Waals surface area contributed by atoms with E-state index in [4.69, 9.17) is 5.26 Å². The van der Waals surface area contributed by atoms with Gasteiger partial charge in [0.15, 0.2) is 0 Å². The van der Waals surface area contributed by atoms with Crippen molar-refractivity contribution in [2.45, 2.75) is 58.8 Å². The SMILES string of the molecule is C=CCCC/C=C(\C)CC/C=C(\C#N)CC/C=C(\C)CBr. The zero-order chi connectivity index (χ0) is 15.9. The first-order chi connectivity index (χ1) is 10.1. The van der Waals surface area contributed by atoms with Gasteiger partial charge in [-0.1, -0.05) is 51.4 Å². The number of rotatable bonds is 11. The van der Waals surface area contributed by atoms with Gasteiger partial charge in [0.25, 0.3) is 0 Å². The minimum absolute atomic E-state index is 0.850. The Hall–Kier alpha value is -1.07. The molecule has 0 radical (unpaired) electrons. The van der Waals surface area contributed by atoms with Crippen LogP contribution in [0.2, 0.25) is 0 Å². The average molecular weight is 350 g/mol. The standard InChI is InChI=1S/C19H28BrN/c1-4-5-6-7-10-17(2)11-8-13-19(16-21)14-9-12-18(3)15-20/h4,10,12-13H,1,5-9,11,14-15H2,2-3H3/b17-10+,18-12+,19-13-. The van der Waals surface area contributed by atoms with Crippen LogP contribution in [0.5, 0.6) is 0 Å². The first kappa shape index (κ1) is 19.9. The molecule has 0 aromatic rings. The summed E-state index contributed by atoms with van der Waals surface area (Å²) in [5, 5.41) is 10.1. The molecule has 0 aliphatic carbocycles. The summed E-state index contributed by atoms with van der Waals surface area (Å²) in [5.41, 5.74) is 3.65. The average Bonchev–Trinajstić information content (AvgIpc) is 2.49. The number of nitriles is 1. The number of hydrogen-bond donors (Lipinski definition) is 0. The van der Waals surface area contributed by atoms with Crippen molar-refractivity contribution in [2.75, 3.05) is 5.33 Å². The quantitative estimate of drug-likeness (QED) is 0.177. The fraction of sp³-hybridized carbons (Fsp3) is 0.526. The van der Waals surface area contributed by atoms with E-state index >= 15 is 0 Å². The minimum atomic E-state index is 0.850. The summed E-state index contributed by atoms with van der Waals surface area (Å²) in [7, 11) is 0. The molecule has 0 bridgehead atoms. The molecule has 0 saturated heterocycles. The third kappa shape index (κ3) is 12.4.